The van der Waals surface area contributed by atoms with Crippen LogP contribution in [0.25, 0.3) is 21.8 Å². The number of rotatable bonds is 4. The number of hydrogen-bond acceptors (Lipinski definition) is 7. The van der Waals surface area contributed by atoms with E-state index in [-0.39, 0.29) is 5.75 Å². The SMILES string of the molecule is Cc1nnc(-c2ccc(-c3ccc(O[C@H]4CCCC[C@H]4F)nn3)c(O)c2)s1. The van der Waals surface area contributed by atoms with Gasteiger partial charge >= 0.3 is 0 Å². The summed E-state index contributed by atoms with van der Waals surface area (Å²) in [7, 11) is 0. The van der Waals surface area contributed by atoms with Gasteiger partial charge in [-0.15, -0.1) is 20.4 Å². The zero-order valence-electron chi connectivity index (χ0n) is 14.8. The van der Waals surface area contributed by atoms with E-state index in [0.29, 0.717) is 30.0 Å². The zero-order chi connectivity index (χ0) is 18.8. The molecule has 4 rings (SSSR count). The van der Waals surface area contributed by atoms with Crippen molar-refractivity contribution >= 4 is 11.3 Å². The number of phenolic OH excluding ortho intramolecular Hbond substituents is 1. The highest BCUT2D eigenvalue weighted by Gasteiger charge is 2.26. The molecule has 2 atom stereocenters. The minimum absolute atomic E-state index is 0.0828. The van der Waals surface area contributed by atoms with Crippen LogP contribution in [0.1, 0.15) is 30.7 Å². The average Bonchev–Trinajstić information content (AvgIpc) is 3.11. The van der Waals surface area contributed by atoms with Crippen LogP contribution in [-0.4, -0.2) is 37.8 Å². The van der Waals surface area contributed by atoms with Crippen molar-refractivity contribution < 1.29 is 14.2 Å². The number of ether oxygens (including phenoxy) is 1. The molecule has 1 aromatic carbocycles. The smallest absolute Gasteiger partial charge is 0.233 e. The average molecular weight is 386 g/mol. The molecule has 140 valence electrons. The molecule has 1 aliphatic rings. The maximum Gasteiger partial charge on any atom is 0.233 e. The van der Waals surface area contributed by atoms with Crippen LogP contribution in [0.15, 0.2) is 30.3 Å². The Bertz CT molecular complexity index is 932. The fraction of sp³-hybridized carbons (Fsp3) is 0.368. The molecule has 0 bridgehead atoms. The second-order valence-corrected chi connectivity index (χ2v) is 7.75. The number of phenols is 1. The summed E-state index contributed by atoms with van der Waals surface area (Å²) in [4.78, 5) is 0. The van der Waals surface area contributed by atoms with Crippen molar-refractivity contribution in [3.05, 3.63) is 35.3 Å². The van der Waals surface area contributed by atoms with Crippen LogP contribution in [0.3, 0.4) is 0 Å². The summed E-state index contributed by atoms with van der Waals surface area (Å²) in [6.45, 7) is 1.88. The molecule has 3 aromatic rings. The van der Waals surface area contributed by atoms with Gasteiger partial charge in [-0.1, -0.05) is 23.8 Å². The third kappa shape index (κ3) is 3.90. The summed E-state index contributed by atoms with van der Waals surface area (Å²) in [5.41, 5.74) is 1.86. The fourth-order valence-corrected chi connectivity index (χ4v) is 3.85. The molecule has 0 aliphatic heterocycles. The van der Waals surface area contributed by atoms with E-state index in [1.54, 1.807) is 24.3 Å². The Morgan fingerprint density at radius 3 is 2.59 bits per heavy atom. The van der Waals surface area contributed by atoms with Crippen molar-refractivity contribution in [2.75, 3.05) is 0 Å². The highest BCUT2D eigenvalue weighted by atomic mass is 32.1. The first-order valence-electron chi connectivity index (χ1n) is 8.88. The number of aromatic nitrogens is 4. The molecule has 1 aliphatic carbocycles. The highest BCUT2D eigenvalue weighted by Crippen LogP contribution is 2.33. The fourth-order valence-electron chi connectivity index (χ4n) is 3.16. The monoisotopic (exact) mass is 386 g/mol. The summed E-state index contributed by atoms with van der Waals surface area (Å²) in [5.74, 6) is 0.383. The van der Waals surface area contributed by atoms with Gasteiger partial charge in [-0.25, -0.2) is 4.39 Å². The van der Waals surface area contributed by atoms with Gasteiger partial charge in [-0.2, -0.15) is 0 Å². The predicted octanol–water partition coefficient (Wildman–Crippen LogP) is 4.34. The third-order valence-electron chi connectivity index (χ3n) is 4.58. The largest absolute Gasteiger partial charge is 0.507 e. The van der Waals surface area contributed by atoms with Crippen LogP contribution in [0.4, 0.5) is 4.39 Å². The molecule has 1 fully saturated rings. The number of aryl methyl sites for hydroxylation is 1. The van der Waals surface area contributed by atoms with Gasteiger partial charge in [0.1, 0.15) is 28.0 Å². The van der Waals surface area contributed by atoms with E-state index in [9.17, 15) is 9.50 Å². The number of benzene rings is 1. The molecule has 6 nitrogen and oxygen atoms in total. The Morgan fingerprint density at radius 2 is 1.93 bits per heavy atom. The molecule has 2 heterocycles. The summed E-state index contributed by atoms with van der Waals surface area (Å²) < 4.78 is 19.5. The minimum Gasteiger partial charge on any atom is -0.507 e. The van der Waals surface area contributed by atoms with Crippen molar-refractivity contribution in [2.45, 2.75) is 44.9 Å². The van der Waals surface area contributed by atoms with Gasteiger partial charge in [0.2, 0.25) is 5.88 Å². The van der Waals surface area contributed by atoms with Crippen LogP contribution in [-0.2, 0) is 0 Å². The van der Waals surface area contributed by atoms with Crippen LogP contribution < -0.4 is 4.74 Å². The van der Waals surface area contributed by atoms with Crippen molar-refractivity contribution in [2.24, 2.45) is 0 Å². The van der Waals surface area contributed by atoms with E-state index in [1.165, 1.54) is 11.3 Å². The van der Waals surface area contributed by atoms with Gasteiger partial charge in [0.15, 0.2) is 0 Å². The molecule has 27 heavy (non-hydrogen) atoms. The van der Waals surface area contributed by atoms with E-state index in [1.807, 2.05) is 13.0 Å². The second kappa shape index (κ2) is 7.56. The molecule has 0 unspecified atom stereocenters. The van der Waals surface area contributed by atoms with Crippen molar-refractivity contribution in [1.29, 1.82) is 0 Å². The van der Waals surface area contributed by atoms with Gasteiger partial charge < -0.3 is 9.84 Å². The molecule has 0 spiro atoms. The van der Waals surface area contributed by atoms with Crippen molar-refractivity contribution in [3.63, 3.8) is 0 Å². The minimum atomic E-state index is -0.958. The molecule has 0 radical (unpaired) electrons. The maximum absolute atomic E-state index is 13.9. The van der Waals surface area contributed by atoms with Crippen molar-refractivity contribution in [1.82, 2.24) is 20.4 Å². The van der Waals surface area contributed by atoms with E-state index < -0.39 is 12.3 Å². The van der Waals surface area contributed by atoms with Gasteiger partial charge in [-0.3, -0.25) is 0 Å². The maximum atomic E-state index is 13.9. The molecular formula is C19H19FN4O2S. The first-order chi connectivity index (χ1) is 13.1. The first kappa shape index (κ1) is 17.8. The lowest BCUT2D eigenvalue weighted by molar-refractivity contribution is 0.0594. The standard InChI is InChI=1S/C19H19FN4O2S/c1-11-21-24-19(27-11)12-6-7-13(16(25)10-12)15-8-9-18(23-22-15)26-17-5-3-2-4-14(17)20/h6-10,14,17,25H,2-5H2,1H3/t14-,17+/m1/s1. The van der Waals surface area contributed by atoms with Crippen LogP contribution in [0.5, 0.6) is 11.6 Å². The molecule has 0 saturated heterocycles. The van der Waals surface area contributed by atoms with E-state index in [4.69, 9.17) is 4.74 Å². The topological polar surface area (TPSA) is 81.0 Å². The summed E-state index contributed by atoms with van der Waals surface area (Å²) in [6.07, 6.45) is 1.67. The summed E-state index contributed by atoms with van der Waals surface area (Å²) in [6, 6.07) is 8.63. The quantitative estimate of drug-likeness (QED) is 0.719. The Kier molecular flexibility index (Phi) is 4.98. The Hall–Kier alpha value is -2.61. The second-order valence-electron chi connectivity index (χ2n) is 6.57. The lowest BCUT2D eigenvalue weighted by Gasteiger charge is -2.25. The van der Waals surface area contributed by atoms with Gasteiger partial charge in [0.05, 0.1) is 5.69 Å². The number of hydrogen-bond donors (Lipinski definition) is 1. The Labute approximate surface area is 160 Å². The summed E-state index contributed by atoms with van der Waals surface area (Å²) in [5, 5.41) is 28.2. The van der Waals surface area contributed by atoms with E-state index in [0.717, 1.165) is 28.4 Å². The van der Waals surface area contributed by atoms with Gasteiger partial charge in [0.25, 0.3) is 0 Å². The molecular weight excluding hydrogens is 367 g/mol. The van der Waals surface area contributed by atoms with Crippen molar-refractivity contribution in [3.8, 4) is 33.5 Å². The van der Waals surface area contributed by atoms with E-state index >= 15 is 0 Å². The normalized spacial score (nSPS) is 19.8. The molecule has 1 saturated carbocycles. The number of alkyl halides is 1. The zero-order valence-corrected chi connectivity index (χ0v) is 15.6. The molecule has 1 N–H and O–H groups in total. The van der Waals surface area contributed by atoms with Gasteiger partial charge in [0, 0.05) is 17.2 Å². The Balaban J connectivity index is 1.51. The summed E-state index contributed by atoms with van der Waals surface area (Å²) >= 11 is 1.46. The van der Waals surface area contributed by atoms with E-state index in [2.05, 4.69) is 20.4 Å². The third-order valence-corrected chi connectivity index (χ3v) is 5.47. The number of aromatic hydroxyl groups is 1. The van der Waals surface area contributed by atoms with Crippen LogP contribution in [0.2, 0.25) is 0 Å². The number of nitrogens with zero attached hydrogens (tertiary/aromatic N) is 4. The number of halogens is 1. The molecule has 8 heteroatoms. The molecule has 0 amide bonds. The highest BCUT2D eigenvalue weighted by molar-refractivity contribution is 7.14. The lowest BCUT2D eigenvalue weighted by atomic mass is 9.96. The Morgan fingerprint density at radius 1 is 1.07 bits per heavy atom. The lowest BCUT2D eigenvalue weighted by Crippen LogP contribution is -2.32. The molecule has 2 aromatic heterocycles. The predicted molar refractivity (Wildman–Crippen MR) is 101 cm³/mol. The van der Waals surface area contributed by atoms with Crippen LogP contribution >= 0.6 is 11.3 Å². The first-order valence-corrected chi connectivity index (χ1v) is 9.70. The van der Waals surface area contributed by atoms with Gasteiger partial charge in [-0.05, 0) is 44.4 Å². The van der Waals surface area contributed by atoms with Crippen LogP contribution in [0, 0.1) is 6.92 Å².